The first-order valence-corrected chi connectivity index (χ1v) is 7.92. The van der Waals surface area contributed by atoms with Crippen molar-refractivity contribution in [2.75, 3.05) is 40.1 Å². The summed E-state index contributed by atoms with van der Waals surface area (Å²) < 4.78 is 16.2. The maximum atomic E-state index is 12.5. The zero-order chi connectivity index (χ0) is 17.8. The quantitative estimate of drug-likeness (QED) is 0.349. The van der Waals surface area contributed by atoms with Crippen LogP contribution < -0.4 is 5.73 Å². The van der Waals surface area contributed by atoms with Gasteiger partial charge in [-0.1, -0.05) is 30.3 Å². The Morgan fingerprint density at radius 1 is 1.12 bits per heavy atom. The molecular formula is C17H27NO6. The van der Waals surface area contributed by atoms with Gasteiger partial charge in [0.15, 0.2) is 6.29 Å². The number of carbonyl (C=O) groups excluding carboxylic acids is 1. The zero-order valence-corrected chi connectivity index (χ0v) is 14.0. The predicted octanol–water partition coefficient (Wildman–Crippen LogP) is 0.180. The summed E-state index contributed by atoms with van der Waals surface area (Å²) >= 11 is 0. The topological polar surface area (TPSA) is 111 Å². The molecule has 1 aromatic carbocycles. The second-order valence-corrected chi connectivity index (χ2v) is 5.32. The fraction of sp³-hybridized carbons (Fsp3) is 0.588. The molecule has 0 heterocycles. The van der Waals surface area contributed by atoms with Crippen molar-refractivity contribution in [2.24, 2.45) is 5.73 Å². The summed E-state index contributed by atoms with van der Waals surface area (Å²) in [6.07, 6.45) is -0.106. The minimum Gasteiger partial charge on any atom is -0.394 e. The standard InChI is InChI=1S/C17H27NO6/c1-22-11-5-8-17(15(18)21,14-6-3-2-4-7-14)16(23-12-9-19)24-13-10-20/h2-4,6-7,16,19-20H,5,8-13H2,1H3,(H2,18,21). The predicted molar refractivity (Wildman–Crippen MR) is 88.3 cm³/mol. The van der Waals surface area contributed by atoms with E-state index in [0.717, 1.165) is 0 Å². The van der Waals surface area contributed by atoms with Crippen LogP contribution in [0.4, 0.5) is 0 Å². The van der Waals surface area contributed by atoms with E-state index in [2.05, 4.69) is 0 Å². The van der Waals surface area contributed by atoms with Gasteiger partial charge in [-0.2, -0.15) is 0 Å². The minimum atomic E-state index is -1.25. The Kier molecular flexibility index (Phi) is 9.51. The van der Waals surface area contributed by atoms with E-state index < -0.39 is 17.6 Å². The van der Waals surface area contributed by atoms with Gasteiger partial charge in [0.25, 0.3) is 0 Å². The number of nitrogens with two attached hydrogens (primary N) is 1. The highest BCUT2D eigenvalue weighted by atomic mass is 16.7. The van der Waals surface area contributed by atoms with E-state index in [4.69, 9.17) is 30.2 Å². The Balaban J connectivity index is 3.25. The van der Waals surface area contributed by atoms with Crippen LogP contribution in [-0.2, 0) is 24.4 Å². The molecule has 1 amide bonds. The van der Waals surface area contributed by atoms with E-state index in [-0.39, 0.29) is 26.4 Å². The average molecular weight is 341 g/mol. The Morgan fingerprint density at radius 3 is 2.17 bits per heavy atom. The first kappa shape index (κ1) is 20.5. The van der Waals surface area contributed by atoms with E-state index in [0.29, 0.717) is 25.0 Å². The minimum absolute atomic E-state index is 0.0117. The first-order valence-electron chi connectivity index (χ1n) is 7.92. The molecule has 7 heteroatoms. The van der Waals surface area contributed by atoms with Gasteiger partial charge in [0, 0.05) is 13.7 Å². The molecule has 0 saturated heterocycles. The number of aliphatic hydroxyl groups is 2. The van der Waals surface area contributed by atoms with Gasteiger partial charge in [-0.15, -0.1) is 0 Å². The molecule has 1 atom stereocenters. The molecule has 0 spiro atoms. The number of methoxy groups -OCH3 is 1. The largest absolute Gasteiger partial charge is 0.394 e. The number of ether oxygens (including phenoxy) is 3. The highest BCUT2D eigenvalue weighted by Gasteiger charge is 2.47. The van der Waals surface area contributed by atoms with Crippen LogP contribution in [0, 0.1) is 0 Å². The molecule has 0 radical (unpaired) electrons. The van der Waals surface area contributed by atoms with Gasteiger partial charge in [0.05, 0.1) is 26.4 Å². The van der Waals surface area contributed by atoms with Crippen molar-refractivity contribution in [1.82, 2.24) is 0 Å². The van der Waals surface area contributed by atoms with E-state index in [1.54, 1.807) is 31.4 Å². The molecular weight excluding hydrogens is 314 g/mol. The van der Waals surface area contributed by atoms with Crippen LogP contribution in [-0.4, -0.2) is 62.6 Å². The fourth-order valence-corrected chi connectivity index (χ4v) is 2.66. The molecule has 4 N–H and O–H groups in total. The fourth-order valence-electron chi connectivity index (χ4n) is 2.66. The molecule has 0 aliphatic heterocycles. The lowest BCUT2D eigenvalue weighted by Gasteiger charge is -2.38. The van der Waals surface area contributed by atoms with Crippen molar-refractivity contribution in [1.29, 1.82) is 0 Å². The maximum Gasteiger partial charge on any atom is 0.233 e. The normalized spacial score (nSPS) is 13.8. The molecule has 24 heavy (non-hydrogen) atoms. The molecule has 1 unspecified atom stereocenters. The van der Waals surface area contributed by atoms with Gasteiger partial charge >= 0.3 is 0 Å². The van der Waals surface area contributed by atoms with Crippen LogP contribution in [0.3, 0.4) is 0 Å². The van der Waals surface area contributed by atoms with E-state index in [1.165, 1.54) is 0 Å². The Bertz CT molecular complexity index is 461. The number of hydrogen-bond donors (Lipinski definition) is 3. The summed E-state index contributed by atoms with van der Waals surface area (Å²) in [5.74, 6) is -0.592. The van der Waals surface area contributed by atoms with Gasteiger partial charge in [0.2, 0.25) is 5.91 Å². The first-order chi connectivity index (χ1) is 11.6. The van der Waals surface area contributed by atoms with Gasteiger partial charge < -0.3 is 30.2 Å². The molecule has 0 bridgehead atoms. The average Bonchev–Trinajstić information content (AvgIpc) is 2.60. The smallest absolute Gasteiger partial charge is 0.233 e. The summed E-state index contributed by atoms with van der Waals surface area (Å²) in [4.78, 5) is 12.5. The number of primary amides is 1. The van der Waals surface area contributed by atoms with Gasteiger partial charge in [0.1, 0.15) is 5.41 Å². The second kappa shape index (κ2) is 11.1. The van der Waals surface area contributed by atoms with Crippen molar-refractivity contribution >= 4 is 5.91 Å². The molecule has 1 aromatic rings. The Hall–Kier alpha value is -1.51. The summed E-state index contributed by atoms with van der Waals surface area (Å²) in [5.41, 5.74) is 5.18. The molecule has 0 saturated carbocycles. The van der Waals surface area contributed by atoms with Gasteiger partial charge in [-0.3, -0.25) is 4.79 Å². The summed E-state index contributed by atoms with van der Waals surface area (Å²) in [6.45, 7) is -0.0135. The molecule has 0 fully saturated rings. The molecule has 0 aliphatic carbocycles. The SMILES string of the molecule is COCCCC(C(N)=O)(c1ccccc1)C(OCCO)OCCO. The van der Waals surface area contributed by atoms with Crippen LogP contribution in [0.25, 0.3) is 0 Å². The zero-order valence-electron chi connectivity index (χ0n) is 14.0. The molecule has 0 aromatic heterocycles. The van der Waals surface area contributed by atoms with E-state index >= 15 is 0 Å². The number of benzene rings is 1. The molecule has 136 valence electrons. The van der Waals surface area contributed by atoms with Gasteiger partial charge in [-0.25, -0.2) is 0 Å². The lowest BCUT2D eigenvalue weighted by Crippen LogP contribution is -2.53. The van der Waals surface area contributed by atoms with E-state index in [1.807, 2.05) is 6.07 Å². The number of hydrogen-bond acceptors (Lipinski definition) is 6. The number of amides is 1. The van der Waals surface area contributed by atoms with Crippen LogP contribution in [0.15, 0.2) is 30.3 Å². The Morgan fingerprint density at radius 2 is 1.71 bits per heavy atom. The number of rotatable bonds is 13. The number of aliphatic hydroxyl groups excluding tert-OH is 2. The number of carbonyl (C=O) groups is 1. The lowest BCUT2D eigenvalue weighted by molar-refractivity contribution is -0.195. The van der Waals surface area contributed by atoms with Crippen LogP contribution in [0.2, 0.25) is 0 Å². The van der Waals surface area contributed by atoms with Crippen LogP contribution in [0.1, 0.15) is 18.4 Å². The van der Waals surface area contributed by atoms with Crippen molar-refractivity contribution in [2.45, 2.75) is 24.5 Å². The summed E-state index contributed by atoms with van der Waals surface area (Å²) in [6, 6.07) is 9.02. The highest BCUT2D eigenvalue weighted by molar-refractivity contribution is 5.87. The summed E-state index contributed by atoms with van der Waals surface area (Å²) in [5, 5.41) is 18.1. The van der Waals surface area contributed by atoms with Crippen LogP contribution >= 0.6 is 0 Å². The third-order valence-corrected chi connectivity index (χ3v) is 3.77. The van der Waals surface area contributed by atoms with Crippen molar-refractivity contribution < 1.29 is 29.2 Å². The summed E-state index contributed by atoms with van der Waals surface area (Å²) in [7, 11) is 1.58. The third-order valence-electron chi connectivity index (χ3n) is 3.77. The van der Waals surface area contributed by atoms with Crippen molar-refractivity contribution in [3.63, 3.8) is 0 Å². The molecule has 7 nitrogen and oxygen atoms in total. The van der Waals surface area contributed by atoms with Gasteiger partial charge in [-0.05, 0) is 18.4 Å². The lowest BCUT2D eigenvalue weighted by atomic mass is 9.75. The van der Waals surface area contributed by atoms with Crippen molar-refractivity contribution in [3.8, 4) is 0 Å². The molecule has 1 rings (SSSR count). The maximum absolute atomic E-state index is 12.5. The third kappa shape index (κ3) is 5.25. The highest BCUT2D eigenvalue weighted by Crippen LogP contribution is 2.35. The monoisotopic (exact) mass is 341 g/mol. The van der Waals surface area contributed by atoms with Crippen LogP contribution in [0.5, 0.6) is 0 Å². The molecule has 0 aliphatic rings. The van der Waals surface area contributed by atoms with Crippen molar-refractivity contribution in [3.05, 3.63) is 35.9 Å². The second-order valence-electron chi connectivity index (χ2n) is 5.32. The Labute approximate surface area is 142 Å². The van der Waals surface area contributed by atoms with E-state index in [9.17, 15) is 4.79 Å².